The van der Waals surface area contributed by atoms with Crippen LogP contribution in [0.5, 0.6) is 11.5 Å². The van der Waals surface area contributed by atoms with Crippen LogP contribution in [0.1, 0.15) is 46.1 Å². The predicted molar refractivity (Wildman–Crippen MR) is 97.9 cm³/mol. The van der Waals surface area contributed by atoms with Crippen molar-refractivity contribution < 1.29 is 19.4 Å². The summed E-state index contributed by atoms with van der Waals surface area (Å²) in [6.07, 6.45) is 1.03. The van der Waals surface area contributed by atoms with Crippen molar-refractivity contribution in [2.24, 2.45) is 5.41 Å². The van der Waals surface area contributed by atoms with Gasteiger partial charge in [0, 0.05) is 18.6 Å². The van der Waals surface area contributed by atoms with Crippen LogP contribution in [-0.4, -0.2) is 29.8 Å². The predicted octanol–water partition coefficient (Wildman–Crippen LogP) is 4.25. The van der Waals surface area contributed by atoms with E-state index in [4.69, 9.17) is 14.9 Å². The molecule has 0 aliphatic heterocycles. The minimum atomic E-state index is -0.223. The van der Waals surface area contributed by atoms with Crippen molar-refractivity contribution in [3.8, 4) is 11.5 Å². The van der Waals surface area contributed by atoms with E-state index in [1.54, 1.807) is 6.07 Å². The summed E-state index contributed by atoms with van der Waals surface area (Å²) in [5.41, 5.74) is 0.974. The van der Waals surface area contributed by atoms with E-state index in [0.29, 0.717) is 37.6 Å². The number of ketones is 1. The molecule has 0 aromatic heterocycles. The molecule has 5 nitrogen and oxygen atoms in total. The van der Waals surface area contributed by atoms with Crippen molar-refractivity contribution in [2.75, 3.05) is 13.2 Å². The van der Waals surface area contributed by atoms with Gasteiger partial charge in [-0.25, -0.2) is 0 Å². The van der Waals surface area contributed by atoms with Gasteiger partial charge in [0.15, 0.2) is 17.3 Å². The number of rotatable bonds is 6. The maximum absolute atomic E-state index is 12.4. The van der Waals surface area contributed by atoms with E-state index in [1.165, 1.54) is 0 Å². The molecule has 2 rings (SSSR count). The number of hydrogen-bond acceptors (Lipinski definition) is 5. The molecule has 0 heterocycles. The van der Waals surface area contributed by atoms with E-state index in [9.17, 15) is 9.90 Å². The zero-order valence-electron chi connectivity index (χ0n) is 15.4. The molecule has 1 saturated carbocycles. The summed E-state index contributed by atoms with van der Waals surface area (Å²) in [5, 5.41) is 18.6. The number of aliphatic hydroxyl groups excluding tert-OH is 1. The van der Waals surface area contributed by atoms with Crippen LogP contribution in [0.15, 0.2) is 29.5 Å². The molecule has 0 spiro atoms. The second-order valence-electron chi connectivity index (χ2n) is 7.07. The average molecular weight is 345 g/mol. The number of carbonyl (C=O) groups is 1. The fourth-order valence-electron chi connectivity index (χ4n) is 3.14. The average Bonchev–Trinajstić information content (AvgIpc) is 2.48. The summed E-state index contributed by atoms with van der Waals surface area (Å²) < 4.78 is 11.1. The highest BCUT2D eigenvalue weighted by atomic mass is 16.5. The summed E-state index contributed by atoms with van der Waals surface area (Å²) in [6.45, 7) is 8.78. The zero-order chi connectivity index (χ0) is 18.6. The van der Waals surface area contributed by atoms with E-state index < -0.39 is 0 Å². The number of ether oxygens (including phenoxy) is 2. The van der Waals surface area contributed by atoms with Gasteiger partial charge in [-0.2, -0.15) is 0 Å². The summed E-state index contributed by atoms with van der Waals surface area (Å²) >= 11 is 0. The van der Waals surface area contributed by atoms with E-state index >= 15 is 0 Å². The van der Waals surface area contributed by atoms with Crippen LogP contribution in [0.4, 0.5) is 0 Å². The molecule has 136 valence electrons. The molecule has 1 aromatic rings. The normalized spacial score (nSPS) is 18.9. The lowest BCUT2D eigenvalue weighted by Gasteiger charge is -2.30. The Morgan fingerprint density at radius 2 is 1.80 bits per heavy atom. The standard InChI is InChI=1S/C20H27NO4/c1-5-24-17-8-7-13(10-18(17)25-6-2)9-15(22)19-14(21)11-20(3,4)12-16(19)23/h7-8,10,21-22H,5-6,9,11-12H2,1-4H3. The molecule has 0 bridgehead atoms. The topological polar surface area (TPSA) is 79.6 Å². The van der Waals surface area contributed by atoms with Gasteiger partial charge in [0.05, 0.1) is 18.8 Å². The summed E-state index contributed by atoms with van der Waals surface area (Å²) in [5.74, 6) is 1.07. The molecule has 0 saturated heterocycles. The van der Waals surface area contributed by atoms with E-state index in [2.05, 4.69) is 0 Å². The fraction of sp³-hybridized carbons (Fsp3) is 0.500. The first-order chi connectivity index (χ1) is 11.8. The summed E-state index contributed by atoms with van der Waals surface area (Å²) in [4.78, 5) is 12.4. The molecule has 1 fully saturated rings. The number of nitrogens with one attached hydrogen (secondary N) is 1. The Bertz CT molecular complexity index is 682. The van der Waals surface area contributed by atoms with Crippen molar-refractivity contribution in [3.05, 3.63) is 35.1 Å². The highest BCUT2D eigenvalue weighted by Gasteiger charge is 2.35. The lowest BCUT2D eigenvalue weighted by atomic mass is 9.73. The SMILES string of the molecule is CCOc1ccc(CC(O)=C2C(=N)CC(C)(C)CC2=O)cc1OCC. The smallest absolute Gasteiger partial charge is 0.168 e. The molecule has 0 radical (unpaired) electrons. The lowest BCUT2D eigenvalue weighted by Crippen LogP contribution is -2.32. The first kappa shape index (κ1) is 19.0. The number of hydrogen-bond donors (Lipinski definition) is 2. The molecule has 1 aliphatic carbocycles. The third-order valence-electron chi connectivity index (χ3n) is 4.14. The van der Waals surface area contributed by atoms with Gasteiger partial charge < -0.3 is 20.0 Å². The highest BCUT2D eigenvalue weighted by Crippen LogP contribution is 2.35. The lowest BCUT2D eigenvalue weighted by molar-refractivity contribution is -0.117. The number of aliphatic hydroxyl groups is 1. The van der Waals surface area contributed by atoms with Crippen LogP contribution in [0.2, 0.25) is 0 Å². The number of benzene rings is 1. The summed E-state index contributed by atoms with van der Waals surface area (Å²) in [7, 11) is 0. The van der Waals surface area contributed by atoms with Crippen molar-refractivity contribution in [1.29, 1.82) is 5.41 Å². The molecule has 5 heteroatoms. The van der Waals surface area contributed by atoms with Crippen molar-refractivity contribution in [3.63, 3.8) is 0 Å². The Balaban J connectivity index is 2.27. The third-order valence-corrected chi connectivity index (χ3v) is 4.14. The number of Topliss-reactive ketones (excluding diaryl/α,β-unsaturated/α-hetero) is 1. The fourth-order valence-corrected chi connectivity index (χ4v) is 3.14. The molecular weight excluding hydrogens is 318 g/mol. The second-order valence-corrected chi connectivity index (χ2v) is 7.07. The van der Waals surface area contributed by atoms with Crippen LogP contribution < -0.4 is 9.47 Å². The van der Waals surface area contributed by atoms with Gasteiger partial charge in [0.25, 0.3) is 0 Å². The first-order valence-electron chi connectivity index (χ1n) is 8.69. The summed E-state index contributed by atoms with van der Waals surface area (Å²) in [6, 6.07) is 5.45. The van der Waals surface area contributed by atoms with Gasteiger partial charge >= 0.3 is 0 Å². The molecule has 1 aliphatic rings. The maximum atomic E-state index is 12.4. The molecular formula is C20H27NO4. The van der Waals surface area contributed by atoms with Crippen molar-refractivity contribution in [2.45, 2.75) is 47.0 Å². The Morgan fingerprint density at radius 3 is 2.40 bits per heavy atom. The van der Waals surface area contributed by atoms with E-state index in [-0.39, 0.29) is 34.7 Å². The maximum Gasteiger partial charge on any atom is 0.168 e. The van der Waals surface area contributed by atoms with Gasteiger partial charge in [0.2, 0.25) is 0 Å². The Morgan fingerprint density at radius 1 is 1.16 bits per heavy atom. The second kappa shape index (κ2) is 7.72. The van der Waals surface area contributed by atoms with Crippen LogP contribution in [0.25, 0.3) is 0 Å². The first-order valence-corrected chi connectivity index (χ1v) is 8.69. The minimum Gasteiger partial charge on any atom is -0.511 e. The largest absolute Gasteiger partial charge is 0.511 e. The van der Waals surface area contributed by atoms with Crippen LogP contribution in [0, 0.1) is 10.8 Å². The minimum absolute atomic E-state index is 0.0443. The van der Waals surface area contributed by atoms with Crippen LogP contribution in [0.3, 0.4) is 0 Å². The van der Waals surface area contributed by atoms with E-state index in [1.807, 2.05) is 39.8 Å². The zero-order valence-corrected chi connectivity index (χ0v) is 15.4. The van der Waals surface area contributed by atoms with Gasteiger partial charge in [-0.05, 0) is 43.4 Å². The van der Waals surface area contributed by atoms with Gasteiger partial charge in [-0.15, -0.1) is 0 Å². The Labute approximate surface area is 149 Å². The van der Waals surface area contributed by atoms with Gasteiger partial charge in [-0.1, -0.05) is 19.9 Å². The molecule has 0 amide bonds. The third kappa shape index (κ3) is 4.62. The van der Waals surface area contributed by atoms with E-state index in [0.717, 1.165) is 5.56 Å². The molecule has 0 unspecified atom stereocenters. The molecule has 2 N–H and O–H groups in total. The van der Waals surface area contributed by atoms with Crippen LogP contribution in [-0.2, 0) is 11.2 Å². The van der Waals surface area contributed by atoms with Gasteiger partial charge in [-0.3, -0.25) is 4.79 Å². The van der Waals surface area contributed by atoms with Gasteiger partial charge in [0.1, 0.15) is 5.76 Å². The highest BCUT2D eigenvalue weighted by molar-refractivity contribution is 6.23. The molecule has 25 heavy (non-hydrogen) atoms. The van der Waals surface area contributed by atoms with Crippen molar-refractivity contribution >= 4 is 11.5 Å². The molecule has 1 aromatic carbocycles. The van der Waals surface area contributed by atoms with Crippen LogP contribution >= 0.6 is 0 Å². The Kier molecular flexibility index (Phi) is 5.88. The Hall–Kier alpha value is -2.30. The quantitative estimate of drug-likeness (QED) is 0.597. The number of allylic oxidation sites excluding steroid dienone is 2. The monoisotopic (exact) mass is 345 g/mol. The number of carbonyl (C=O) groups excluding carboxylic acids is 1. The molecule has 0 atom stereocenters. The van der Waals surface area contributed by atoms with Crippen molar-refractivity contribution in [1.82, 2.24) is 0 Å².